The van der Waals surface area contributed by atoms with Gasteiger partial charge in [0.15, 0.2) is 0 Å². The van der Waals surface area contributed by atoms with E-state index < -0.39 is 0 Å². The van der Waals surface area contributed by atoms with E-state index >= 15 is 0 Å². The van der Waals surface area contributed by atoms with Gasteiger partial charge in [-0.15, -0.1) is 0 Å². The zero-order chi connectivity index (χ0) is 21.4. The Labute approximate surface area is 189 Å². The molecule has 4 aliphatic rings. The Morgan fingerprint density at radius 1 is 0.968 bits per heavy atom. The summed E-state index contributed by atoms with van der Waals surface area (Å²) < 4.78 is 0. The molecule has 1 saturated carbocycles. The molecular weight excluding hydrogens is 412 g/mol. The Balaban J connectivity index is 1.32. The van der Waals surface area contributed by atoms with Gasteiger partial charge in [0.2, 0.25) is 11.8 Å². The van der Waals surface area contributed by atoms with Gasteiger partial charge < -0.3 is 14.7 Å². The lowest BCUT2D eigenvalue weighted by atomic mass is 9.78. The maximum atomic E-state index is 13.5. The largest absolute Gasteiger partial charge is 0.354 e. The van der Waals surface area contributed by atoms with E-state index in [9.17, 15) is 9.59 Å². The van der Waals surface area contributed by atoms with E-state index in [0.29, 0.717) is 29.9 Å². The van der Waals surface area contributed by atoms with Crippen LogP contribution in [-0.2, 0) is 9.59 Å². The molecule has 0 radical (unpaired) electrons. The molecule has 3 aliphatic heterocycles. The minimum Gasteiger partial charge on any atom is -0.354 e. The van der Waals surface area contributed by atoms with Crippen molar-refractivity contribution in [2.45, 2.75) is 76.7 Å². The van der Waals surface area contributed by atoms with Crippen molar-refractivity contribution >= 4 is 34.9 Å². The average Bonchev–Trinajstić information content (AvgIpc) is 3.10. The summed E-state index contributed by atoms with van der Waals surface area (Å²) in [5.41, 5.74) is 0.493. The second-order valence-electron chi connectivity index (χ2n) is 9.85. The fourth-order valence-corrected chi connectivity index (χ4v) is 6.44. The topological polar surface area (TPSA) is 56.8 Å². The number of pyridine rings is 1. The number of nitrogens with zero attached hydrogens (tertiary/aromatic N) is 4. The molecule has 1 atom stereocenters. The number of halogens is 1. The van der Waals surface area contributed by atoms with Crippen LogP contribution >= 0.6 is 11.6 Å². The number of rotatable bonds is 3. The van der Waals surface area contributed by atoms with Crippen molar-refractivity contribution in [3.8, 4) is 0 Å². The van der Waals surface area contributed by atoms with Crippen molar-refractivity contribution in [2.75, 3.05) is 36.0 Å². The molecule has 1 aromatic heterocycles. The van der Waals surface area contributed by atoms with E-state index in [2.05, 4.69) is 14.8 Å². The second-order valence-corrected chi connectivity index (χ2v) is 10.3. The third kappa shape index (κ3) is 3.92. The highest BCUT2D eigenvalue weighted by molar-refractivity contribution is 6.33. The Hall–Kier alpha value is -1.82. The first kappa shape index (κ1) is 21.0. The van der Waals surface area contributed by atoms with Crippen molar-refractivity contribution in [2.24, 2.45) is 5.41 Å². The summed E-state index contributed by atoms with van der Waals surface area (Å²) in [6, 6.07) is 2.32. The molecular formula is C24H33ClN4O2. The van der Waals surface area contributed by atoms with Crippen LogP contribution in [-0.4, -0.2) is 53.9 Å². The van der Waals surface area contributed by atoms with Gasteiger partial charge in [-0.1, -0.05) is 30.9 Å². The second kappa shape index (κ2) is 8.61. The Morgan fingerprint density at radius 2 is 1.81 bits per heavy atom. The summed E-state index contributed by atoms with van der Waals surface area (Å²) in [5.74, 6) is 1.25. The molecule has 4 fully saturated rings. The van der Waals surface area contributed by atoms with Crippen LogP contribution in [0.5, 0.6) is 0 Å². The van der Waals surface area contributed by atoms with Gasteiger partial charge in [-0.3, -0.25) is 9.59 Å². The predicted molar refractivity (Wildman–Crippen MR) is 123 cm³/mol. The predicted octanol–water partition coefficient (Wildman–Crippen LogP) is 4.40. The van der Waals surface area contributed by atoms with Crippen molar-refractivity contribution in [1.82, 2.24) is 9.88 Å². The molecule has 7 heteroatoms. The molecule has 0 N–H and O–H groups in total. The molecule has 31 heavy (non-hydrogen) atoms. The maximum absolute atomic E-state index is 13.5. The molecule has 4 heterocycles. The SMILES string of the molecule is O=C1CCCCN1c1cnc(N2CCC[C@]3(CCN(C4CCCCC4)C3=O)C2)c(Cl)c1. The van der Waals surface area contributed by atoms with Gasteiger partial charge in [0, 0.05) is 38.6 Å². The fourth-order valence-electron chi connectivity index (χ4n) is 6.16. The number of anilines is 2. The zero-order valence-corrected chi connectivity index (χ0v) is 19.1. The molecule has 5 rings (SSSR count). The minimum atomic E-state index is -0.289. The number of likely N-dealkylation sites (tertiary alicyclic amines) is 1. The third-order valence-electron chi connectivity index (χ3n) is 7.88. The number of carbonyl (C=O) groups excluding carboxylic acids is 2. The lowest BCUT2D eigenvalue weighted by Crippen LogP contribution is -2.50. The van der Waals surface area contributed by atoms with Crippen LogP contribution in [0.2, 0.25) is 5.02 Å². The number of piperidine rings is 2. The molecule has 0 bridgehead atoms. The van der Waals surface area contributed by atoms with Gasteiger partial charge in [0.25, 0.3) is 0 Å². The van der Waals surface area contributed by atoms with Gasteiger partial charge in [0.05, 0.1) is 22.3 Å². The summed E-state index contributed by atoms with van der Waals surface area (Å²) >= 11 is 6.67. The molecule has 0 unspecified atom stereocenters. The first-order valence-electron chi connectivity index (χ1n) is 12.1. The Morgan fingerprint density at radius 3 is 2.58 bits per heavy atom. The average molecular weight is 445 g/mol. The van der Waals surface area contributed by atoms with Crippen molar-refractivity contribution in [3.05, 3.63) is 17.3 Å². The fraction of sp³-hybridized carbons (Fsp3) is 0.708. The number of hydrogen-bond donors (Lipinski definition) is 0. The van der Waals surface area contributed by atoms with Crippen molar-refractivity contribution < 1.29 is 9.59 Å². The van der Waals surface area contributed by atoms with Gasteiger partial charge in [-0.25, -0.2) is 4.98 Å². The highest BCUT2D eigenvalue weighted by Gasteiger charge is 2.50. The summed E-state index contributed by atoms with van der Waals surface area (Å²) in [4.78, 5) is 36.7. The van der Waals surface area contributed by atoms with Gasteiger partial charge >= 0.3 is 0 Å². The van der Waals surface area contributed by atoms with E-state index in [4.69, 9.17) is 11.6 Å². The monoisotopic (exact) mass is 444 g/mol. The molecule has 168 valence electrons. The van der Waals surface area contributed by atoms with Crippen LogP contribution in [0.4, 0.5) is 11.5 Å². The highest BCUT2D eigenvalue weighted by Crippen LogP contribution is 2.44. The summed E-state index contributed by atoms with van der Waals surface area (Å²) in [6.45, 7) is 3.19. The third-order valence-corrected chi connectivity index (χ3v) is 8.16. The van der Waals surface area contributed by atoms with Crippen LogP contribution in [0.25, 0.3) is 0 Å². The highest BCUT2D eigenvalue weighted by atomic mass is 35.5. The molecule has 3 saturated heterocycles. The first-order valence-corrected chi connectivity index (χ1v) is 12.5. The summed E-state index contributed by atoms with van der Waals surface area (Å²) in [5, 5.41) is 0.572. The number of carbonyl (C=O) groups is 2. The van der Waals surface area contributed by atoms with Crippen LogP contribution in [0, 0.1) is 5.41 Å². The van der Waals surface area contributed by atoms with Gasteiger partial charge in [-0.05, 0) is 51.0 Å². The Bertz CT molecular complexity index is 856. The first-order chi connectivity index (χ1) is 15.1. The zero-order valence-electron chi connectivity index (χ0n) is 18.3. The number of amides is 2. The number of hydrogen-bond acceptors (Lipinski definition) is 4. The molecule has 1 aromatic rings. The van der Waals surface area contributed by atoms with Crippen LogP contribution in [0.15, 0.2) is 12.3 Å². The normalized spacial score (nSPS) is 28.1. The van der Waals surface area contributed by atoms with Crippen LogP contribution in [0.3, 0.4) is 0 Å². The summed E-state index contributed by atoms with van der Waals surface area (Å²) in [6.07, 6.45) is 13.3. The van der Waals surface area contributed by atoms with E-state index in [0.717, 1.165) is 76.1 Å². The summed E-state index contributed by atoms with van der Waals surface area (Å²) in [7, 11) is 0. The number of aromatic nitrogens is 1. The van der Waals surface area contributed by atoms with E-state index in [1.54, 1.807) is 11.1 Å². The lowest BCUT2D eigenvalue weighted by molar-refractivity contribution is -0.139. The van der Waals surface area contributed by atoms with E-state index in [1.165, 1.54) is 19.3 Å². The molecule has 0 aromatic carbocycles. The quantitative estimate of drug-likeness (QED) is 0.693. The van der Waals surface area contributed by atoms with Gasteiger partial charge in [-0.2, -0.15) is 0 Å². The maximum Gasteiger partial charge on any atom is 0.230 e. The Kier molecular flexibility index (Phi) is 5.84. The molecule has 1 aliphatic carbocycles. The molecule has 1 spiro atoms. The van der Waals surface area contributed by atoms with E-state index in [1.807, 2.05) is 6.07 Å². The molecule has 2 amide bonds. The van der Waals surface area contributed by atoms with Crippen LogP contribution < -0.4 is 9.80 Å². The van der Waals surface area contributed by atoms with E-state index in [-0.39, 0.29) is 11.3 Å². The van der Waals surface area contributed by atoms with Crippen molar-refractivity contribution in [1.29, 1.82) is 0 Å². The van der Waals surface area contributed by atoms with Gasteiger partial charge in [0.1, 0.15) is 5.82 Å². The van der Waals surface area contributed by atoms with Crippen molar-refractivity contribution in [3.63, 3.8) is 0 Å². The smallest absolute Gasteiger partial charge is 0.230 e. The van der Waals surface area contributed by atoms with Crippen LogP contribution in [0.1, 0.15) is 70.6 Å². The minimum absolute atomic E-state index is 0.146. The lowest BCUT2D eigenvalue weighted by Gasteiger charge is -2.41. The standard InChI is InChI=1S/C24H33ClN4O2/c25-20-15-19(28-13-5-4-9-21(28)30)16-26-22(20)27-12-6-10-24(17-27)11-14-29(23(24)31)18-7-2-1-3-8-18/h15-16,18H,1-14,17H2/t24-/m0/s1. The molecule has 6 nitrogen and oxygen atoms in total.